The van der Waals surface area contributed by atoms with Gasteiger partial charge in [0.05, 0.1) is 20.3 Å². The zero-order valence-electron chi connectivity index (χ0n) is 17.0. The molecule has 0 saturated heterocycles. The van der Waals surface area contributed by atoms with Crippen LogP contribution < -0.4 is 14.8 Å². The molecule has 0 fully saturated rings. The van der Waals surface area contributed by atoms with E-state index in [4.69, 9.17) is 9.47 Å². The van der Waals surface area contributed by atoms with Crippen LogP contribution in [0.5, 0.6) is 11.5 Å². The van der Waals surface area contributed by atoms with Gasteiger partial charge in [-0.3, -0.25) is 4.79 Å². The van der Waals surface area contributed by atoms with Crippen LogP contribution in [-0.4, -0.2) is 20.1 Å². The van der Waals surface area contributed by atoms with Gasteiger partial charge in [-0.2, -0.15) is 0 Å². The summed E-state index contributed by atoms with van der Waals surface area (Å²) < 4.78 is 10.6. The molecule has 2 aromatic rings. The SMILES string of the molecule is CCc1ccc(C(NC(=O)CCc2ccc(OC)c(OC)c2)C(C)C)cc1. The van der Waals surface area contributed by atoms with Crippen molar-refractivity contribution in [3.05, 3.63) is 59.2 Å². The molecule has 0 aliphatic rings. The summed E-state index contributed by atoms with van der Waals surface area (Å²) in [6, 6.07) is 14.3. The van der Waals surface area contributed by atoms with Crippen molar-refractivity contribution in [2.75, 3.05) is 14.2 Å². The maximum absolute atomic E-state index is 12.5. The van der Waals surface area contributed by atoms with E-state index >= 15 is 0 Å². The van der Waals surface area contributed by atoms with Crippen LogP contribution in [0.2, 0.25) is 0 Å². The number of ether oxygens (including phenoxy) is 2. The molecule has 0 aliphatic heterocycles. The van der Waals surface area contributed by atoms with Crippen LogP contribution >= 0.6 is 0 Å². The second-order valence-corrected chi connectivity index (χ2v) is 7.07. The number of carbonyl (C=O) groups excluding carboxylic acids is 1. The predicted molar refractivity (Wildman–Crippen MR) is 109 cm³/mol. The number of benzene rings is 2. The fourth-order valence-electron chi connectivity index (χ4n) is 3.14. The smallest absolute Gasteiger partial charge is 0.220 e. The van der Waals surface area contributed by atoms with E-state index < -0.39 is 0 Å². The van der Waals surface area contributed by atoms with E-state index in [2.05, 4.69) is 50.4 Å². The third-order valence-electron chi connectivity index (χ3n) is 4.82. The van der Waals surface area contributed by atoms with Gasteiger partial charge in [0, 0.05) is 6.42 Å². The van der Waals surface area contributed by atoms with Crippen LogP contribution in [-0.2, 0) is 17.6 Å². The molecular weight excluding hydrogens is 338 g/mol. The van der Waals surface area contributed by atoms with Crippen molar-refractivity contribution in [2.45, 2.75) is 46.1 Å². The molecule has 146 valence electrons. The molecule has 1 N–H and O–H groups in total. The van der Waals surface area contributed by atoms with Gasteiger partial charge in [0.1, 0.15) is 0 Å². The summed E-state index contributed by atoms with van der Waals surface area (Å²) in [5, 5.41) is 3.20. The van der Waals surface area contributed by atoms with Gasteiger partial charge in [-0.05, 0) is 47.6 Å². The summed E-state index contributed by atoms with van der Waals surface area (Å²) in [6.45, 7) is 6.41. The molecule has 2 aromatic carbocycles. The summed E-state index contributed by atoms with van der Waals surface area (Å²) in [6.07, 6.45) is 2.11. The Kier molecular flexibility index (Phi) is 7.71. The number of carbonyl (C=O) groups is 1. The first-order chi connectivity index (χ1) is 13.0. The lowest BCUT2D eigenvalue weighted by Crippen LogP contribution is -2.31. The summed E-state index contributed by atoms with van der Waals surface area (Å²) in [5.41, 5.74) is 3.51. The van der Waals surface area contributed by atoms with Crippen molar-refractivity contribution < 1.29 is 14.3 Å². The summed E-state index contributed by atoms with van der Waals surface area (Å²) in [5.74, 6) is 1.76. The average Bonchev–Trinajstić information content (AvgIpc) is 2.70. The summed E-state index contributed by atoms with van der Waals surface area (Å²) in [7, 11) is 3.23. The van der Waals surface area contributed by atoms with E-state index in [1.165, 1.54) is 5.56 Å². The Morgan fingerprint density at radius 1 is 0.963 bits per heavy atom. The molecule has 0 bridgehead atoms. The number of hydrogen-bond donors (Lipinski definition) is 1. The minimum Gasteiger partial charge on any atom is -0.493 e. The zero-order valence-corrected chi connectivity index (χ0v) is 17.0. The van der Waals surface area contributed by atoms with E-state index in [0.717, 1.165) is 17.5 Å². The number of amides is 1. The maximum atomic E-state index is 12.5. The fraction of sp³-hybridized carbons (Fsp3) is 0.435. The topological polar surface area (TPSA) is 47.6 Å². The first-order valence-corrected chi connectivity index (χ1v) is 9.57. The van der Waals surface area contributed by atoms with E-state index in [-0.39, 0.29) is 11.9 Å². The van der Waals surface area contributed by atoms with Crippen molar-refractivity contribution in [3.63, 3.8) is 0 Å². The molecule has 4 nitrogen and oxygen atoms in total. The van der Waals surface area contributed by atoms with Crippen LogP contribution in [0.1, 0.15) is 49.9 Å². The second kappa shape index (κ2) is 10.0. The molecule has 0 aliphatic carbocycles. The van der Waals surface area contributed by atoms with Crippen LogP contribution in [0.4, 0.5) is 0 Å². The molecule has 0 saturated carbocycles. The Hall–Kier alpha value is -2.49. The lowest BCUT2D eigenvalue weighted by molar-refractivity contribution is -0.122. The van der Waals surface area contributed by atoms with Crippen molar-refractivity contribution in [1.82, 2.24) is 5.32 Å². The van der Waals surface area contributed by atoms with Crippen molar-refractivity contribution in [1.29, 1.82) is 0 Å². The average molecular weight is 370 g/mol. The highest BCUT2D eigenvalue weighted by atomic mass is 16.5. The fourth-order valence-corrected chi connectivity index (χ4v) is 3.14. The minimum absolute atomic E-state index is 0.0220. The lowest BCUT2D eigenvalue weighted by Gasteiger charge is -2.23. The molecule has 0 spiro atoms. The Bertz CT molecular complexity index is 738. The minimum atomic E-state index is 0.0220. The Morgan fingerprint density at radius 2 is 1.59 bits per heavy atom. The Labute approximate surface area is 162 Å². The van der Waals surface area contributed by atoms with Gasteiger partial charge < -0.3 is 14.8 Å². The van der Waals surface area contributed by atoms with Gasteiger partial charge in [0.15, 0.2) is 11.5 Å². The molecule has 1 atom stereocenters. The highest BCUT2D eigenvalue weighted by molar-refractivity contribution is 5.76. The van der Waals surface area contributed by atoms with Crippen LogP contribution in [0, 0.1) is 5.92 Å². The van der Waals surface area contributed by atoms with Crippen LogP contribution in [0.3, 0.4) is 0 Å². The van der Waals surface area contributed by atoms with Gasteiger partial charge in [-0.25, -0.2) is 0 Å². The third-order valence-corrected chi connectivity index (χ3v) is 4.82. The normalized spacial score (nSPS) is 11.9. The van der Waals surface area contributed by atoms with Crippen LogP contribution in [0.25, 0.3) is 0 Å². The molecule has 0 aromatic heterocycles. The maximum Gasteiger partial charge on any atom is 0.220 e. The predicted octanol–water partition coefficient (Wildman–Crippen LogP) is 4.71. The molecule has 1 amide bonds. The molecule has 0 radical (unpaired) electrons. The lowest BCUT2D eigenvalue weighted by atomic mass is 9.94. The molecule has 1 unspecified atom stereocenters. The van der Waals surface area contributed by atoms with E-state index in [9.17, 15) is 4.79 Å². The van der Waals surface area contributed by atoms with Crippen molar-refractivity contribution in [3.8, 4) is 11.5 Å². The molecule has 2 rings (SSSR count). The molecular formula is C23H31NO3. The Morgan fingerprint density at radius 3 is 2.15 bits per heavy atom. The summed E-state index contributed by atoms with van der Waals surface area (Å²) in [4.78, 5) is 12.5. The summed E-state index contributed by atoms with van der Waals surface area (Å²) >= 11 is 0. The molecule has 4 heteroatoms. The second-order valence-electron chi connectivity index (χ2n) is 7.07. The van der Waals surface area contributed by atoms with Gasteiger partial charge in [-0.1, -0.05) is 51.1 Å². The number of rotatable bonds is 9. The van der Waals surface area contributed by atoms with Gasteiger partial charge in [0.2, 0.25) is 5.91 Å². The third kappa shape index (κ3) is 5.75. The van der Waals surface area contributed by atoms with Crippen molar-refractivity contribution >= 4 is 5.91 Å². The van der Waals surface area contributed by atoms with Crippen LogP contribution in [0.15, 0.2) is 42.5 Å². The molecule has 0 heterocycles. The van der Waals surface area contributed by atoms with E-state index in [1.807, 2.05) is 18.2 Å². The first kappa shape index (κ1) is 20.8. The quantitative estimate of drug-likeness (QED) is 0.696. The van der Waals surface area contributed by atoms with Gasteiger partial charge >= 0.3 is 0 Å². The molecule has 27 heavy (non-hydrogen) atoms. The van der Waals surface area contributed by atoms with E-state index in [0.29, 0.717) is 30.3 Å². The standard InChI is InChI=1S/C23H31NO3/c1-6-17-7-11-19(12-8-17)23(16(2)3)24-22(25)14-10-18-9-13-20(26-4)21(15-18)27-5/h7-9,11-13,15-16,23H,6,10,14H2,1-5H3,(H,24,25). The zero-order chi connectivity index (χ0) is 19.8. The largest absolute Gasteiger partial charge is 0.493 e. The highest BCUT2D eigenvalue weighted by Crippen LogP contribution is 2.28. The number of nitrogens with one attached hydrogen (secondary N) is 1. The number of hydrogen-bond acceptors (Lipinski definition) is 3. The van der Waals surface area contributed by atoms with Crippen molar-refractivity contribution in [2.24, 2.45) is 5.92 Å². The number of methoxy groups -OCH3 is 2. The van der Waals surface area contributed by atoms with Gasteiger partial charge in [0.25, 0.3) is 0 Å². The highest BCUT2D eigenvalue weighted by Gasteiger charge is 2.18. The number of aryl methyl sites for hydroxylation is 2. The monoisotopic (exact) mass is 369 g/mol. The Balaban J connectivity index is 1.99. The first-order valence-electron chi connectivity index (χ1n) is 9.57. The van der Waals surface area contributed by atoms with Gasteiger partial charge in [-0.15, -0.1) is 0 Å². The van der Waals surface area contributed by atoms with E-state index in [1.54, 1.807) is 14.2 Å².